The summed E-state index contributed by atoms with van der Waals surface area (Å²) in [5.74, 6) is 0.167. The second-order valence-corrected chi connectivity index (χ2v) is 7.99. The molecule has 0 saturated carbocycles. The van der Waals surface area contributed by atoms with Crippen molar-refractivity contribution in [3.8, 4) is 11.1 Å². The van der Waals surface area contributed by atoms with Gasteiger partial charge >= 0.3 is 0 Å². The van der Waals surface area contributed by atoms with E-state index in [1.165, 1.54) is 5.56 Å². The predicted octanol–water partition coefficient (Wildman–Crippen LogP) is 6.05. The van der Waals surface area contributed by atoms with Gasteiger partial charge in [-0.05, 0) is 35.1 Å². The monoisotopic (exact) mass is 429 g/mol. The maximum absolute atomic E-state index is 12.3. The van der Waals surface area contributed by atoms with Crippen LogP contribution in [-0.2, 0) is 27.5 Å². The van der Waals surface area contributed by atoms with Gasteiger partial charge in [0, 0.05) is 19.3 Å². The Hall–Kier alpha value is -3.24. The number of carbonyl (C=O) groups is 2. The summed E-state index contributed by atoms with van der Waals surface area (Å²) in [5.41, 5.74) is 6.91. The van der Waals surface area contributed by atoms with E-state index in [4.69, 9.17) is 4.84 Å². The Balaban J connectivity index is 1.23. The lowest BCUT2D eigenvalue weighted by atomic mass is 10.00. The van der Waals surface area contributed by atoms with Gasteiger partial charge in [-0.1, -0.05) is 97.8 Å². The van der Waals surface area contributed by atoms with Crippen LogP contribution in [0.25, 0.3) is 11.1 Å². The van der Waals surface area contributed by atoms with Crippen molar-refractivity contribution in [1.29, 1.82) is 0 Å². The lowest BCUT2D eigenvalue weighted by molar-refractivity contribution is -0.134. The highest BCUT2D eigenvalue weighted by atomic mass is 16.6. The molecular formula is C28H31NO3. The maximum Gasteiger partial charge on any atom is 0.243 e. The zero-order valence-corrected chi connectivity index (χ0v) is 18.5. The van der Waals surface area contributed by atoms with Gasteiger partial charge in [-0.15, -0.1) is 0 Å². The van der Waals surface area contributed by atoms with E-state index in [1.54, 1.807) is 0 Å². The first-order valence-electron chi connectivity index (χ1n) is 11.3. The minimum absolute atomic E-state index is 0.101. The molecular weight excluding hydrogens is 398 g/mol. The summed E-state index contributed by atoms with van der Waals surface area (Å²) in [5, 5.41) is 0. The number of hydrogen-bond donors (Lipinski definition) is 1. The zero-order valence-electron chi connectivity index (χ0n) is 18.5. The van der Waals surface area contributed by atoms with E-state index < -0.39 is 0 Å². The summed E-state index contributed by atoms with van der Waals surface area (Å²) >= 11 is 0. The molecule has 0 radical (unpaired) electrons. The van der Waals surface area contributed by atoms with Gasteiger partial charge in [-0.25, -0.2) is 5.48 Å². The third kappa shape index (κ3) is 8.48. The molecule has 3 rings (SSSR count). The Morgan fingerprint density at radius 1 is 0.625 bits per heavy atom. The minimum Gasteiger partial charge on any atom is -0.299 e. The van der Waals surface area contributed by atoms with E-state index in [-0.39, 0.29) is 11.7 Å². The van der Waals surface area contributed by atoms with Gasteiger partial charge in [0.15, 0.2) is 0 Å². The van der Waals surface area contributed by atoms with Crippen LogP contribution in [0.15, 0.2) is 84.9 Å². The Morgan fingerprint density at radius 3 is 1.91 bits per heavy atom. The standard InChI is InChI=1S/C28H31NO3/c30-27(21-23-17-19-26(20-18-23)25-13-7-4-8-14-25)15-9-1-2-10-16-28(31)29-32-22-24-11-5-3-6-12-24/h3-8,11-14,17-20H,1-2,9-10,15-16,21-22H2,(H,29,31). The molecule has 0 saturated heterocycles. The molecule has 0 heterocycles. The van der Waals surface area contributed by atoms with Crippen LogP contribution in [0.5, 0.6) is 0 Å². The van der Waals surface area contributed by atoms with E-state index in [9.17, 15) is 9.59 Å². The molecule has 0 bridgehead atoms. The molecule has 0 aliphatic rings. The molecule has 166 valence electrons. The molecule has 3 aromatic rings. The summed E-state index contributed by atoms with van der Waals surface area (Å²) < 4.78 is 0. The van der Waals surface area contributed by atoms with Crippen LogP contribution in [0.2, 0.25) is 0 Å². The summed E-state index contributed by atoms with van der Waals surface area (Å²) in [7, 11) is 0. The largest absolute Gasteiger partial charge is 0.299 e. The SMILES string of the molecule is O=C(CCCCCCC(=O)NOCc1ccccc1)Cc1ccc(-c2ccccc2)cc1. The molecule has 4 nitrogen and oxygen atoms in total. The number of ketones is 1. The van der Waals surface area contributed by atoms with Crippen LogP contribution in [0, 0.1) is 0 Å². The van der Waals surface area contributed by atoms with E-state index in [2.05, 4.69) is 29.7 Å². The Bertz CT molecular complexity index is 953. The average Bonchev–Trinajstić information content (AvgIpc) is 2.83. The van der Waals surface area contributed by atoms with Gasteiger partial charge in [0.05, 0.1) is 6.61 Å². The van der Waals surface area contributed by atoms with Crippen LogP contribution in [0.4, 0.5) is 0 Å². The van der Waals surface area contributed by atoms with Crippen LogP contribution in [0.3, 0.4) is 0 Å². The number of unbranched alkanes of at least 4 members (excludes halogenated alkanes) is 3. The molecule has 4 heteroatoms. The normalized spacial score (nSPS) is 10.6. The van der Waals surface area contributed by atoms with Gasteiger partial charge in [0.25, 0.3) is 0 Å². The van der Waals surface area contributed by atoms with Gasteiger partial charge in [0.2, 0.25) is 5.91 Å². The van der Waals surface area contributed by atoms with Gasteiger partial charge in [-0.3, -0.25) is 14.4 Å². The summed E-state index contributed by atoms with van der Waals surface area (Å²) in [4.78, 5) is 29.3. The Kier molecular flexibility index (Phi) is 9.69. The number of hydrogen-bond acceptors (Lipinski definition) is 3. The van der Waals surface area contributed by atoms with Crippen molar-refractivity contribution in [1.82, 2.24) is 5.48 Å². The topological polar surface area (TPSA) is 55.4 Å². The number of hydroxylamine groups is 1. The molecule has 0 unspecified atom stereocenters. The quantitative estimate of drug-likeness (QED) is 0.266. The number of carbonyl (C=O) groups excluding carboxylic acids is 2. The summed E-state index contributed by atoms with van der Waals surface area (Å²) in [6.07, 6.45) is 5.07. The Labute approximate surface area is 190 Å². The van der Waals surface area contributed by atoms with Crippen LogP contribution in [0.1, 0.15) is 49.7 Å². The van der Waals surface area contributed by atoms with E-state index >= 15 is 0 Å². The van der Waals surface area contributed by atoms with Gasteiger partial charge < -0.3 is 0 Å². The molecule has 0 aliphatic carbocycles. The number of rotatable bonds is 13. The molecule has 32 heavy (non-hydrogen) atoms. The third-order valence-electron chi connectivity index (χ3n) is 5.34. The van der Waals surface area contributed by atoms with Gasteiger partial charge in [0.1, 0.15) is 5.78 Å². The van der Waals surface area contributed by atoms with Crippen molar-refractivity contribution < 1.29 is 14.4 Å². The summed E-state index contributed by atoms with van der Waals surface area (Å²) in [6.45, 7) is 0.365. The first kappa shape index (κ1) is 23.4. The number of amides is 1. The fourth-order valence-corrected chi connectivity index (χ4v) is 3.55. The van der Waals surface area contributed by atoms with Crippen molar-refractivity contribution in [2.75, 3.05) is 0 Å². The average molecular weight is 430 g/mol. The van der Waals surface area contributed by atoms with Crippen LogP contribution in [-0.4, -0.2) is 11.7 Å². The predicted molar refractivity (Wildman–Crippen MR) is 128 cm³/mol. The smallest absolute Gasteiger partial charge is 0.243 e. The van der Waals surface area contributed by atoms with E-state index in [1.807, 2.05) is 60.7 Å². The molecule has 0 aromatic heterocycles. The molecule has 0 spiro atoms. The molecule has 1 amide bonds. The number of nitrogens with one attached hydrogen (secondary N) is 1. The summed E-state index contributed by atoms with van der Waals surface area (Å²) in [6, 6.07) is 28.2. The third-order valence-corrected chi connectivity index (χ3v) is 5.34. The molecule has 0 aliphatic heterocycles. The highest BCUT2D eigenvalue weighted by Crippen LogP contribution is 2.19. The van der Waals surface area contributed by atoms with Crippen molar-refractivity contribution >= 4 is 11.7 Å². The Morgan fingerprint density at radius 2 is 1.22 bits per heavy atom. The second kappa shape index (κ2) is 13.2. The first-order chi connectivity index (χ1) is 15.7. The first-order valence-corrected chi connectivity index (χ1v) is 11.3. The van der Waals surface area contributed by atoms with Crippen molar-refractivity contribution in [3.63, 3.8) is 0 Å². The maximum atomic E-state index is 12.3. The fourth-order valence-electron chi connectivity index (χ4n) is 3.55. The van der Waals surface area contributed by atoms with E-state index in [0.29, 0.717) is 25.9 Å². The number of Topliss-reactive ketones (excluding diaryl/α,β-unsaturated/α-hetero) is 1. The van der Waals surface area contributed by atoms with Crippen molar-refractivity contribution in [3.05, 3.63) is 96.1 Å². The minimum atomic E-state index is -0.101. The zero-order chi connectivity index (χ0) is 22.4. The molecule has 1 N–H and O–H groups in total. The van der Waals surface area contributed by atoms with Crippen LogP contribution < -0.4 is 5.48 Å². The van der Waals surface area contributed by atoms with Gasteiger partial charge in [-0.2, -0.15) is 0 Å². The fraction of sp³-hybridized carbons (Fsp3) is 0.286. The lowest BCUT2D eigenvalue weighted by Crippen LogP contribution is -2.23. The van der Waals surface area contributed by atoms with Crippen molar-refractivity contribution in [2.24, 2.45) is 0 Å². The molecule has 0 fully saturated rings. The van der Waals surface area contributed by atoms with Crippen molar-refractivity contribution in [2.45, 2.75) is 51.6 Å². The highest BCUT2D eigenvalue weighted by molar-refractivity contribution is 5.81. The second-order valence-electron chi connectivity index (χ2n) is 7.99. The van der Waals surface area contributed by atoms with E-state index in [0.717, 1.165) is 42.4 Å². The molecule has 0 atom stereocenters. The highest BCUT2D eigenvalue weighted by Gasteiger charge is 2.06. The van der Waals surface area contributed by atoms with Crippen LogP contribution >= 0.6 is 0 Å². The lowest BCUT2D eigenvalue weighted by Gasteiger charge is -2.06. The number of benzene rings is 3. The molecule has 3 aromatic carbocycles.